The molecule has 0 heterocycles. The molecule has 0 aromatic heterocycles. The largest absolute Gasteiger partial charge is 0.347 e. The van der Waals surface area contributed by atoms with Crippen LogP contribution in [0.25, 0.3) is 0 Å². The van der Waals surface area contributed by atoms with Gasteiger partial charge in [0.15, 0.2) is 0 Å². The maximum Gasteiger partial charge on any atom is 0.255 e. The summed E-state index contributed by atoms with van der Waals surface area (Å²) in [6.45, 7) is 5.74. The molecule has 0 spiro atoms. The second-order valence-corrected chi connectivity index (χ2v) is 8.13. The molecule has 0 aliphatic rings. The van der Waals surface area contributed by atoms with E-state index in [2.05, 4.69) is 16.0 Å². The number of nitrogens with one attached hydrogen (secondary N) is 3. The van der Waals surface area contributed by atoms with Gasteiger partial charge in [-0.05, 0) is 81.4 Å². The quantitative estimate of drug-likeness (QED) is 0.563. The highest BCUT2D eigenvalue weighted by Gasteiger charge is 2.15. The summed E-state index contributed by atoms with van der Waals surface area (Å²) in [6.07, 6.45) is 0. The van der Waals surface area contributed by atoms with Gasteiger partial charge in [-0.2, -0.15) is 0 Å². The van der Waals surface area contributed by atoms with E-state index in [-0.39, 0.29) is 23.3 Å². The van der Waals surface area contributed by atoms with Gasteiger partial charge in [-0.25, -0.2) is 0 Å². The molecule has 0 saturated heterocycles. The Hall–Kier alpha value is -3.93. The average Bonchev–Trinajstić information content (AvgIpc) is 2.74. The van der Waals surface area contributed by atoms with Crippen LogP contribution in [-0.2, 0) is 0 Å². The molecule has 3 amide bonds. The number of carbonyl (C=O) groups is 3. The molecule has 3 rings (SSSR count). The Bertz CT molecular complexity index is 1070. The lowest BCUT2D eigenvalue weighted by atomic mass is 10.1. The molecular formula is C25H25N3O3. The number of carbonyl (C=O) groups excluding carboxylic acids is 3. The Morgan fingerprint density at radius 3 is 1.35 bits per heavy atom. The van der Waals surface area contributed by atoms with E-state index in [1.54, 1.807) is 72.8 Å². The zero-order valence-electron chi connectivity index (χ0n) is 17.7. The summed E-state index contributed by atoms with van der Waals surface area (Å²) in [5.74, 6) is -0.667. The number of anilines is 2. The Kier molecular flexibility index (Phi) is 6.50. The third kappa shape index (κ3) is 6.27. The summed E-state index contributed by atoms with van der Waals surface area (Å²) >= 11 is 0. The second kappa shape index (κ2) is 9.26. The van der Waals surface area contributed by atoms with Gasteiger partial charge in [0.05, 0.1) is 0 Å². The van der Waals surface area contributed by atoms with E-state index in [0.29, 0.717) is 28.1 Å². The molecule has 0 aliphatic carbocycles. The molecule has 0 bridgehead atoms. The molecule has 158 valence electrons. The van der Waals surface area contributed by atoms with Crippen molar-refractivity contribution in [1.29, 1.82) is 0 Å². The maximum atomic E-state index is 12.5. The van der Waals surface area contributed by atoms with Gasteiger partial charge in [-0.1, -0.05) is 18.2 Å². The molecule has 3 aromatic rings. The first kappa shape index (κ1) is 21.8. The molecular weight excluding hydrogens is 390 g/mol. The maximum absolute atomic E-state index is 12.5. The Morgan fingerprint density at radius 1 is 0.548 bits per heavy atom. The minimum Gasteiger partial charge on any atom is -0.347 e. The lowest BCUT2D eigenvalue weighted by molar-refractivity contribution is 0.0918. The second-order valence-electron chi connectivity index (χ2n) is 8.13. The van der Waals surface area contributed by atoms with Crippen LogP contribution < -0.4 is 16.0 Å². The first-order chi connectivity index (χ1) is 14.7. The van der Waals surface area contributed by atoms with Gasteiger partial charge in [0.1, 0.15) is 0 Å². The van der Waals surface area contributed by atoms with Crippen LogP contribution in [0.1, 0.15) is 51.8 Å². The predicted octanol–water partition coefficient (Wildman–Crippen LogP) is 4.72. The van der Waals surface area contributed by atoms with Crippen molar-refractivity contribution in [2.75, 3.05) is 10.6 Å². The van der Waals surface area contributed by atoms with Crippen LogP contribution in [0, 0.1) is 0 Å². The van der Waals surface area contributed by atoms with Crippen LogP contribution in [0.15, 0.2) is 78.9 Å². The van der Waals surface area contributed by atoms with Crippen molar-refractivity contribution in [2.45, 2.75) is 26.3 Å². The van der Waals surface area contributed by atoms with Gasteiger partial charge in [-0.15, -0.1) is 0 Å². The van der Waals surface area contributed by atoms with Gasteiger partial charge in [0.25, 0.3) is 17.7 Å². The fourth-order valence-corrected chi connectivity index (χ4v) is 2.82. The van der Waals surface area contributed by atoms with Crippen LogP contribution >= 0.6 is 0 Å². The first-order valence-electron chi connectivity index (χ1n) is 9.92. The Labute approximate surface area is 181 Å². The summed E-state index contributed by atoms with van der Waals surface area (Å²) in [5, 5.41) is 8.49. The fraction of sp³-hybridized carbons (Fsp3) is 0.160. The molecule has 6 heteroatoms. The monoisotopic (exact) mass is 415 g/mol. The number of amides is 3. The van der Waals surface area contributed by atoms with Crippen molar-refractivity contribution in [3.8, 4) is 0 Å². The lowest BCUT2D eigenvalue weighted by Crippen LogP contribution is -2.40. The topological polar surface area (TPSA) is 87.3 Å². The van der Waals surface area contributed by atoms with Crippen LogP contribution in [0.2, 0.25) is 0 Å². The Balaban J connectivity index is 1.59. The molecule has 3 aromatic carbocycles. The zero-order valence-corrected chi connectivity index (χ0v) is 17.7. The van der Waals surface area contributed by atoms with E-state index in [1.165, 1.54) is 0 Å². The molecule has 0 radical (unpaired) electrons. The third-order valence-electron chi connectivity index (χ3n) is 4.33. The van der Waals surface area contributed by atoms with E-state index >= 15 is 0 Å². The molecule has 0 saturated carbocycles. The first-order valence-corrected chi connectivity index (χ1v) is 9.92. The summed E-state index contributed by atoms with van der Waals surface area (Å²) in [7, 11) is 0. The van der Waals surface area contributed by atoms with Crippen molar-refractivity contribution in [2.24, 2.45) is 0 Å². The van der Waals surface area contributed by atoms with Crippen molar-refractivity contribution in [3.05, 3.63) is 95.6 Å². The van der Waals surface area contributed by atoms with E-state index in [4.69, 9.17) is 0 Å². The van der Waals surface area contributed by atoms with Crippen LogP contribution in [0.4, 0.5) is 11.4 Å². The van der Waals surface area contributed by atoms with Crippen molar-refractivity contribution in [1.82, 2.24) is 5.32 Å². The number of benzene rings is 3. The van der Waals surface area contributed by atoms with Crippen molar-refractivity contribution >= 4 is 29.1 Å². The smallest absolute Gasteiger partial charge is 0.255 e. The van der Waals surface area contributed by atoms with E-state index in [0.717, 1.165) is 0 Å². The minimum atomic E-state index is -0.323. The zero-order chi connectivity index (χ0) is 22.4. The molecule has 0 aliphatic heterocycles. The van der Waals surface area contributed by atoms with Gasteiger partial charge in [-0.3, -0.25) is 14.4 Å². The van der Waals surface area contributed by atoms with Gasteiger partial charge in [0, 0.05) is 33.6 Å². The fourth-order valence-electron chi connectivity index (χ4n) is 2.82. The summed E-state index contributed by atoms with van der Waals surface area (Å²) in [5.41, 5.74) is 2.39. The summed E-state index contributed by atoms with van der Waals surface area (Å²) in [4.78, 5) is 36.9. The molecule has 31 heavy (non-hydrogen) atoms. The van der Waals surface area contributed by atoms with E-state index < -0.39 is 0 Å². The van der Waals surface area contributed by atoms with Gasteiger partial charge in [0.2, 0.25) is 0 Å². The predicted molar refractivity (Wildman–Crippen MR) is 122 cm³/mol. The van der Waals surface area contributed by atoms with Crippen LogP contribution in [0.3, 0.4) is 0 Å². The minimum absolute atomic E-state index is 0.168. The van der Waals surface area contributed by atoms with Crippen molar-refractivity contribution < 1.29 is 14.4 Å². The van der Waals surface area contributed by atoms with Gasteiger partial charge >= 0.3 is 0 Å². The molecule has 0 unspecified atom stereocenters. The summed E-state index contributed by atoms with van der Waals surface area (Å²) < 4.78 is 0. The van der Waals surface area contributed by atoms with Crippen LogP contribution in [0.5, 0.6) is 0 Å². The number of hydrogen-bond acceptors (Lipinski definition) is 3. The van der Waals surface area contributed by atoms with Gasteiger partial charge < -0.3 is 16.0 Å². The standard InChI is InChI=1S/C25H25N3O3/c1-25(2,3)28-24(31)19-11-15-21(16-12-19)27-23(30)18-9-13-20(14-10-18)26-22(29)17-7-5-4-6-8-17/h4-16H,1-3H3,(H,26,29)(H,27,30)(H,28,31). The SMILES string of the molecule is CC(C)(C)NC(=O)c1ccc(NC(=O)c2ccc(NC(=O)c3ccccc3)cc2)cc1. The molecule has 0 fully saturated rings. The normalized spacial score (nSPS) is 10.8. The number of rotatable bonds is 5. The van der Waals surface area contributed by atoms with Crippen molar-refractivity contribution in [3.63, 3.8) is 0 Å². The van der Waals surface area contributed by atoms with Crippen LogP contribution in [-0.4, -0.2) is 23.3 Å². The average molecular weight is 415 g/mol. The Morgan fingerprint density at radius 2 is 0.935 bits per heavy atom. The van der Waals surface area contributed by atoms with E-state index in [1.807, 2.05) is 26.8 Å². The lowest BCUT2D eigenvalue weighted by Gasteiger charge is -2.20. The molecule has 3 N–H and O–H groups in total. The number of hydrogen-bond donors (Lipinski definition) is 3. The summed E-state index contributed by atoms with van der Waals surface area (Å²) in [6, 6.07) is 22.2. The molecule has 6 nitrogen and oxygen atoms in total. The molecule has 0 atom stereocenters. The highest BCUT2D eigenvalue weighted by atomic mass is 16.2. The highest BCUT2D eigenvalue weighted by Crippen LogP contribution is 2.15. The third-order valence-corrected chi connectivity index (χ3v) is 4.33. The highest BCUT2D eigenvalue weighted by molar-refractivity contribution is 6.06. The van der Waals surface area contributed by atoms with E-state index in [9.17, 15) is 14.4 Å².